The molecule has 1 N–H and O–H groups in total. The molecule has 5 nitrogen and oxygen atoms in total. The van der Waals surface area contributed by atoms with Crippen molar-refractivity contribution in [2.24, 2.45) is 17.3 Å². The van der Waals surface area contributed by atoms with E-state index in [2.05, 4.69) is 5.32 Å². The first kappa shape index (κ1) is 19.2. The zero-order chi connectivity index (χ0) is 18.3. The molecule has 1 saturated carbocycles. The highest BCUT2D eigenvalue weighted by atomic mass is 16.6. The molecule has 2 rings (SSSR count). The minimum atomic E-state index is -0.533. The Morgan fingerprint density at radius 1 is 1.12 bits per heavy atom. The minimum Gasteiger partial charge on any atom is -0.458 e. The lowest BCUT2D eigenvalue weighted by Crippen LogP contribution is -2.55. The number of nitrogens with zero attached hydrogens (tertiary/aromatic N) is 1. The van der Waals surface area contributed by atoms with Crippen LogP contribution in [0, 0.1) is 17.3 Å². The largest absolute Gasteiger partial charge is 0.458 e. The number of carbonyl (C=O) groups is 2. The van der Waals surface area contributed by atoms with Crippen LogP contribution in [0.3, 0.4) is 0 Å². The number of hydrogen-bond acceptors (Lipinski definition) is 4. The third-order valence-electron chi connectivity index (χ3n) is 5.22. The maximum Gasteiger partial charge on any atom is 0.329 e. The lowest BCUT2D eigenvalue weighted by Gasteiger charge is -2.36. The third-order valence-corrected chi connectivity index (χ3v) is 5.22. The van der Waals surface area contributed by atoms with Gasteiger partial charge in [-0.2, -0.15) is 0 Å². The molecule has 4 atom stereocenters. The van der Waals surface area contributed by atoms with E-state index < -0.39 is 11.6 Å². The van der Waals surface area contributed by atoms with Gasteiger partial charge in [0.15, 0.2) is 0 Å². The van der Waals surface area contributed by atoms with Gasteiger partial charge in [-0.3, -0.25) is 4.79 Å². The molecule has 1 heterocycles. The molecule has 2 aliphatic rings. The van der Waals surface area contributed by atoms with Crippen LogP contribution in [0.25, 0.3) is 0 Å². The van der Waals surface area contributed by atoms with Crippen molar-refractivity contribution in [3.05, 3.63) is 0 Å². The second-order valence-electron chi connectivity index (χ2n) is 9.41. The fourth-order valence-corrected chi connectivity index (χ4v) is 4.29. The molecular weight excluding hydrogens is 304 g/mol. The van der Waals surface area contributed by atoms with Gasteiger partial charge >= 0.3 is 5.97 Å². The van der Waals surface area contributed by atoms with Crippen molar-refractivity contribution in [2.45, 2.75) is 78.5 Å². The Morgan fingerprint density at radius 3 is 2.25 bits per heavy atom. The second kappa shape index (κ2) is 6.66. The van der Waals surface area contributed by atoms with Gasteiger partial charge in [0.2, 0.25) is 5.91 Å². The first-order valence-corrected chi connectivity index (χ1v) is 9.16. The quantitative estimate of drug-likeness (QED) is 0.804. The van der Waals surface area contributed by atoms with Crippen molar-refractivity contribution in [3.8, 4) is 0 Å². The number of esters is 1. The molecule has 1 saturated heterocycles. The first-order chi connectivity index (χ1) is 11.0. The topological polar surface area (TPSA) is 58.6 Å². The lowest BCUT2D eigenvalue weighted by atomic mass is 9.85. The van der Waals surface area contributed by atoms with E-state index in [9.17, 15) is 9.59 Å². The van der Waals surface area contributed by atoms with E-state index in [1.54, 1.807) is 4.90 Å². The zero-order valence-electron chi connectivity index (χ0n) is 16.3. The summed E-state index contributed by atoms with van der Waals surface area (Å²) in [6, 6.07) is -0.733. The molecular formula is C19H34N2O3. The summed E-state index contributed by atoms with van der Waals surface area (Å²) in [6.45, 7) is 12.5. The predicted molar refractivity (Wildman–Crippen MR) is 94.5 cm³/mol. The summed E-state index contributed by atoms with van der Waals surface area (Å²) in [7, 11) is 1.81. The Kier molecular flexibility index (Phi) is 5.34. The SMILES string of the molecule is CNC(C(=O)N1C[C@@H]2CCC[C@@H]2[C@H]1C(=O)OC(C)(C)C)C(C)(C)C. The number of ether oxygens (including phenoxy) is 1. The summed E-state index contributed by atoms with van der Waals surface area (Å²) >= 11 is 0. The van der Waals surface area contributed by atoms with Crippen LogP contribution < -0.4 is 5.32 Å². The highest BCUT2D eigenvalue weighted by Gasteiger charge is 2.52. The van der Waals surface area contributed by atoms with Gasteiger partial charge in [0, 0.05) is 6.54 Å². The van der Waals surface area contributed by atoms with E-state index in [0.717, 1.165) is 19.3 Å². The van der Waals surface area contributed by atoms with Gasteiger partial charge < -0.3 is 15.0 Å². The van der Waals surface area contributed by atoms with E-state index in [-0.39, 0.29) is 29.3 Å². The summed E-state index contributed by atoms with van der Waals surface area (Å²) in [6.07, 6.45) is 3.26. The van der Waals surface area contributed by atoms with Crippen molar-refractivity contribution in [1.82, 2.24) is 10.2 Å². The lowest BCUT2D eigenvalue weighted by molar-refractivity contribution is -0.165. The average Bonchev–Trinajstić information content (AvgIpc) is 2.94. The summed E-state index contributed by atoms with van der Waals surface area (Å²) in [4.78, 5) is 27.8. The van der Waals surface area contributed by atoms with Gasteiger partial charge in [-0.25, -0.2) is 4.79 Å². The van der Waals surface area contributed by atoms with Crippen LogP contribution in [0.4, 0.5) is 0 Å². The zero-order valence-corrected chi connectivity index (χ0v) is 16.3. The summed E-state index contributed by atoms with van der Waals surface area (Å²) < 4.78 is 5.66. The Hall–Kier alpha value is -1.10. The normalized spacial score (nSPS) is 28.6. The number of fused-ring (bicyclic) bond motifs is 1. The molecule has 0 spiro atoms. The van der Waals surface area contributed by atoms with Crippen molar-refractivity contribution in [2.75, 3.05) is 13.6 Å². The van der Waals surface area contributed by atoms with Gasteiger partial charge in [0.25, 0.3) is 0 Å². The summed E-state index contributed by atoms with van der Waals surface area (Å²) in [5, 5.41) is 3.15. The molecule has 0 aromatic carbocycles. The number of carbonyl (C=O) groups excluding carboxylic acids is 2. The highest BCUT2D eigenvalue weighted by molar-refractivity contribution is 5.89. The van der Waals surface area contributed by atoms with E-state index in [1.807, 2.05) is 48.6 Å². The molecule has 138 valence electrons. The van der Waals surface area contributed by atoms with Crippen molar-refractivity contribution in [1.29, 1.82) is 0 Å². The Morgan fingerprint density at radius 2 is 1.75 bits per heavy atom. The number of nitrogens with one attached hydrogen (secondary N) is 1. The third kappa shape index (κ3) is 3.93. The number of likely N-dealkylation sites (tertiary alicyclic amines) is 1. The monoisotopic (exact) mass is 338 g/mol. The molecule has 0 radical (unpaired) electrons. The van der Waals surface area contributed by atoms with E-state index in [1.165, 1.54) is 0 Å². The van der Waals surface area contributed by atoms with E-state index >= 15 is 0 Å². The van der Waals surface area contributed by atoms with Crippen molar-refractivity contribution < 1.29 is 14.3 Å². The van der Waals surface area contributed by atoms with Gasteiger partial charge in [0.1, 0.15) is 11.6 Å². The van der Waals surface area contributed by atoms with Crippen LogP contribution >= 0.6 is 0 Å². The fraction of sp³-hybridized carbons (Fsp3) is 0.895. The van der Waals surface area contributed by atoms with Gasteiger partial charge in [0.05, 0.1) is 6.04 Å². The highest BCUT2D eigenvalue weighted by Crippen LogP contribution is 2.43. The van der Waals surface area contributed by atoms with Crippen LogP contribution in [0.1, 0.15) is 60.8 Å². The van der Waals surface area contributed by atoms with Crippen molar-refractivity contribution in [3.63, 3.8) is 0 Å². The van der Waals surface area contributed by atoms with Gasteiger partial charge in [-0.1, -0.05) is 27.2 Å². The second-order valence-corrected chi connectivity index (χ2v) is 9.41. The number of likely N-dealkylation sites (N-methyl/N-ethyl adjacent to an activating group) is 1. The van der Waals surface area contributed by atoms with Crippen LogP contribution in [-0.2, 0) is 14.3 Å². The Balaban J connectivity index is 2.26. The van der Waals surface area contributed by atoms with Gasteiger partial charge in [-0.15, -0.1) is 0 Å². The first-order valence-electron chi connectivity index (χ1n) is 9.16. The number of hydrogen-bond donors (Lipinski definition) is 1. The van der Waals surface area contributed by atoms with Gasteiger partial charge in [-0.05, 0) is 57.9 Å². The summed E-state index contributed by atoms with van der Waals surface area (Å²) in [5.41, 5.74) is -0.739. The molecule has 1 amide bonds. The Labute approximate surface area is 146 Å². The standard InChI is InChI=1S/C19H34N2O3/c1-18(2,3)15(20-7)16(22)21-11-12-9-8-10-13(12)14(21)17(23)24-19(4,5)6/h12-15,20H,8-11H2,1-7H3/t12-,13-,14-,15?/m0/s1. The predicted octanol–water partition coefficient (Wildman–Crippen LogP) is 2.59. The molecule has 24 heavy (non-hydrogen) atoms. The van der Waals surface area contributed by atoms with Crippen LogP contribution in [-0.4, -0.2) is 48.1 Å². The molecule has 0 aromatic rings. The molecule has 1 unspecified atom stereocenters. The average molecular weight is 338 g/mol. The van der Waals surface area contributed by atoms with Crippen molar-refractivity contribution >= 4 is 11.9 Å². The molecule has 1 aliphatic heterocycles. The van der Waals surface area contributed by atoms with E-state index in [4.69, 9.17) is 4.74 Å². The molecule has 1 aliphatic carbocycles. The van der Waals surface area contributed by atoms with Crippen LogP contribution in [0.2, 0.25) is 0 Å². The van der Waals surface area contributed by atoms with E-state index in [0.29, 0.717) is 12.5 Å². The Bertz CT molecular complexity index is 490. The minimum absolute atomic E-state index is 0.0234. The van der Waals surface area contributed by atoms with Crippen LogP contribution in [0.5, 0.6) is 0 Å². The fourth-order valence-electron chi connectivity index (χ4n) is 4.29. The number of rotatable bonds is 3. The molecule has 2 fully saturated rings. The molecule has 0 aromatic heterocycles. The maximum atomic E-state index is 13.2. The number of amides is 1. The molecule has 0 bridgehead atoms. The van der Waals surface area contributed by atoms with Crippen LogP contribution in [0.15, 0.2) is 0 Å². The summed E-state index contributed by atoms with van der Waals surface area (Å²) in [5.74, 6) is 0.467. The molecule has 5 heteroatoms. The smallest absolute Gasteiger partial charge is 0.329 e. The maximum absolute atomic E-state index is 13.2.